The van der Waals surface area contributed by atoms with Gasteiger partial charge in [-0.1, -0.05) is 0 Å². The minimum absolute atomic E-state index is 0.865. The summed E-state index contributed by atoms with van der Waals surface area (Å²) in [6.45, 7) is 10.1. The molecule has 21 heavy (non-hydrogen) atoms. The molecule has 1 aliphatic heterocycles. The normalized spacial score (nSPS) is 16.1. The van der Waals surface area contributed by atoms with Gasteiger partial charge in [0.05, 0.1) is 5.69 Å². The molecule has 0 N–H and O–H groups in total. The highest BCUT2D eigenvalue weighted by atomic mass is 32.1. The van der Waals surface area contributed by atoms with Gasteiger partial charge in [0.1, 0.15) is 0 Å². The molecule has 0 saturated carbocycles. The number of thiazole rings is 1. The van der Waals surface area contributed by atoms with E-state index in [1.807, 2.05) is 26.8 Å². The molecule has 0 amide bonds. The maximum Gasteiger partial charge on any atom is 0.225 e. The molecule has 1 aliphatic rings. The largest absolute Gasteiger partial charge is 0.346 e. The summed E-state index contributed by atoms with van der Waals surface area (Å²) >= 11 is 1.73. The van der Waals surface area contributed by atoms with E-state index < -0.39 is 0 Å². The molecular weight excluding hydrogens is 282 g/mol. The van der Waals surface area contributed by atoms with Crippen molar-refractivity contribution in [3.8, 4) is 0 Å². The van der Waals surface area contributed by atoms with Crippen LogP contribution in [0.5, 0.6) is 0 Å². The maximum atomic E-state index is 4.60. The molecule has 1 saturated heterocycles. The number of hydrogen-bond acceptors (Lipinski definition) is 6. The van der Waals surface area contributed by atoms with E-state index in [1.54, 1.807) is 11.3 Å². The molecule has 3 heterocycles. The van der Waals surface area contributed by atoms with E-state index >= 15 is 0 Å². The first kappa shape index (κ1) is 14.3. The Bertz CT molecular complexity index is 604. The summed E-state index contributed by atoms with van der Waals surface area (Å²) < 4.78 is 0. The first-order chi connectivity index (χ1) is 10.1. The number of aryl methyl sites for hydroxylation is 3. The lowest BCUT2D eigenvalue weighted by atomic mass is 10.3. The Kier molecular flexibility index (Phi) is 4.05. The molecule has 2 aromatic rings. The minimum Gasteiger partial charge on any atom is -0.346 e. The summed E-state index contributed by atoms with van der Waals surface area (Å²) in [7, 11) is 0. The standard InChI is InChI=1S/C15H21N5S/c1-11-9-12(2)17-14(16-11)19-5-4-6-20(8-7-19)15-18-13(3)10-21-15/h9-10H,4-8H2,1-3H3. The van der Waals surface area contributed by atoms with E-state index in [9.17, 15) is 0 Å². The summed E-state index contributed by atoms with van der Waals surface area (Å²) in [6.07, 6.45) is 1.11. The van der Waals surface area contributed by atoms with Crippen molar-refractivity contribution in [1.82, 2.24) is 15.0 Å². The smallest absolute Gasteiger partial charge is 0.225 e. The Labute approximate surface area is 129 Å². The van der Waals surface area contributed by atoms with Gasteiger partial charge in [-0.15, -0.1) is 11.3 Å². The van der Waals surface area contributed by atoms with Crippen LogP contribution in [0.4, 0.5) is 11.1 Å². The molecule has 6 heteroatoms. The van der Waals surface area contributed by atoms with Crippen molar-refractivity contribution in [1.29, 1.82) is 0 Å². The number of anilines is 2. The molecule has 5 nitrogen and oxygen atoms in total. The first-order valence-electron chi connectivity index (χ1n) is 7.36. The fraction of sp³-hybridized carbons (Fsp3) is 0.533. The van der Waals surface area contributed by atoms with Crippen LogP contribution in [0.3, 0.4) is 0 Å². The van der Waals surface area contributed by atoms with Gasteiger partial charge in [-0.3, -0.25) is 0 Å². The van der Waals surface area contributed by atoms with Crippen molar-refractivity contribution in [2.45, 2.75) is 27.2 Å². The van der Waals surface area contributed by atoms with Crippen LogP contribution >= 0.6 is 11.3 Å². The van der Waals surface area contributed by atoms with Crippen LogP contribution in [0, 0.1) is 20.8 Å². The zero-order valence-corrected chi connectivity index (χ0v) is 13.7. The quantitative estimate of drug-likeness (QED) is 0.853. The lowest BCUT2D eigenvalue weighted by Crippen LogP contribution is -2.31. The minimum atomic E-state index is 0.865. The highest BCUT2D eigenvalue weighted by Gasteiger charge is 2.19. The summed E-state index contributed by atoms with van der Waals surface area (Å²) in [5.74, 6) is 0.865. The summed E-state index contributed by atoms with van der Waals surface area (Å²) in [5, 5.41) is 3.25. The molecule has 1 fully saturated rings. The van der Waals surface area contributed by atoms with E-state index in [0.29, 0.717) is 0 Å². The van der Waals surface area contributed by atoms with Crippen molar-refractivity contribution in [3.05, 3.63) is 28.5 Å². The van der Waals surface area contributed by atoms with Crippen molar-refractivity contribution >= 4 is 22.4 Å². The van der Waals surface area contributed by atoms with Crippen molar-refractivity contribution in [3.63, 3.8) is 0 Å². The van der Waals surface area contributed by atoms with Crippen molar-refractivity contribution in [2.75, 3.05) is 36.0 Å². The van der Waals surface area contributed by atoms with Crippen LogP contribution in [0.25, 0.3) is 0 Å². The van der Waals surface area contributed by atoms with E-state index in [1.165, 1.54) is 0 Å². The third-order valence-electron chi connectivity index (χ3n) is 3.63. The van der Waals surface area contributed by atoms with E-state index in [2.05, 4.69) is 30.1 Å². The van der Waals surface area contributed by atoms with Crippen LogP contribution in [0.15, 0.2) is 11.4 Å². The second-order valence-corrected chi connectivity index (χ2v) is 6.39. The topological polar surface area (TPSA) is 45.2 Å². The molecule has 0 aromatic carbocycles. The molecule has 3 rings (SSSR count). The monoisotopic (exact) mass is 303 g/mol. The Morgan fingerprint density at radius 1 is 0.857 bits per heavy atom. The van der Waals surface area contributed by atoms with Gasteiger partial charge in [0.25, 0.3) is 0 Å². The highest BCUT2D eigenvalue weighted by Crippen LogP contribution is 2.22. The third kappa shape index (κ3) is 3.32. The van der Waals surface area contributed by atoms with Gasteiger partial charge in [-0.05, 0) is 33.3 Å². The average molecular weight is 303 g/mol. The Morgan fingerprint density at radius 3 is 2.19 bits per heavy atom. The number of rotatable bonds is 2. The SMILES string of the molecule is Cc1cc(C)nc(N2CCCN(c3nc(C)cs3)CC2)n1. The number of aromatic nitrogens is 3. The fourth-order valence-corrected chi connectivity index (χ4v) is 3.50. The predicted octanol–water partition coefficient (Wildman–Crippen LogP) is 2.58. The van der Waals surface area contributed by atoms with E-state index in [-0.39, 0.29) is 0 Å². The van der Waals surface area contributed by atoms with Crippen molar-refractivity contribution in [2.24, 2.45) is 0 Å². The lowest BCUT2D eigenvalue weighted by molar-refractivity contribution is 0.775. The molecule has 0 radical (unpaired) electrons. The van der Waals surface area contributed by atoms with Gasteiger partial charge in [0.15, 0.2) is 5.13 Å². The highest BCUT2D eigenvalue weighted by molar-refractivity contribution is 7.13. The Balaban J connectivity index is 1.73. The molecule has 112 valence electrons. The third-order valence-corrected chi connectivity index (χ3v) is 4.65. The van der Waals surface area contributed by atoms with Gasteiger partial charge < -0.3 is 9.80 Å². The first-order valence-corrected chi connectivity index (χ1v) is 8.24. The van der Waals surface area contributed by atoms with Crippen molar-refractivity contribution < 1.29 is 0 Å². The van der Waals surface area contributed by atoms with E-state index in [4.69, 9.17) is 0 Å². The molecule has 0 atom stereocenters. The van der Waals surface area contributed by atoms with Gasteiger partial charge in [-0.25, -0.2) is 15.0 Å². The van der Waals surface area contributed by atoms with Crippen LogP contribution in [-0.4, -0.2) is 41.1 Å². The number of hydrogen-bond donors (Lipinski definition) is 0. The molecule has 0 spiro atoms. The summed E-state index contributed by atoms with van der Waals surface area (Å²) in [4.78, 5) is 18.4. The molecule has 0 unspecified atom stereocenters. The van der Waals surface area contributed by atoms with Crippen LogP contribution in [-0.2, 0) is 0 Å². The summed E-state index contributed by atoms with van der Waals surface area (Å²) in [5.41, 5.74) is 3.18. The van der Waals surface area contributed by atoms with E-state index in [0.717, 1.165) is 60.8 Å². The lowest BCUT2D eigenvalue weighted by Gasteiger charge is -2.22. The molecule has 0 bridgehead atoms. The molecular formula is C15H21N5S. The second kappa shape index (κ2) is 5.97. The molecule has 0 aliphatic carbocycles. The zero-order valence-electron chi connectivity index (χ0n) is 12.8. The van der Waals surface area contributed by atoms with Crippen LogP contribution < -0.4 is 9.80 Å². The number of nitrogens with zero attached hydrogens (tertiary/aromatic N) is 5. The Hall–Kier alpha value is -1.69. The summed E-state index contributed by atoms with van der Waals surface area (Å²) in [6, 6.07) is 2.02. The van der Waals surface area contributed by atoms with Gasteiger partial charge >= 0.3 is 0 Å². The predicted molar refractivity (Wildman–Crippen MR) is 87.4 cm³/mol. The fourth-order valence-electron chi connectivity index (χ4n) is 2.64. The molecule has 2 aromatic heterocycles. The van der Waals surface area contributed by atoms with Gasteiger partial charge in [0, 0.05) is 42.9 Å². The van der Waals surface area contributed by atoms with Crippen LogP contribution in [0.2, 0.25) is 0 Å². The van der Waals surface area contributed by atoms with Crippen LogP contribution in [0.1, 0.15) is 23.5 Å². The second-order valence-electron chi connectivity index (χ2n) is 5.55. The maximum absolute atomic E-state index is 4.60. The zero-order chi connectivity index (χ0) is 14.8. The van der Waals surface area contributed by atoms with Gasteiger partial charge in [0.2, 0.25) is 5.95 Å². The average Bonchev–Trinajstić information content (AvgIpc) is 2.72. The Morgan fingerprint density at radius 2 is 1.52 bits per heavy atom. The van der Waals surface area contributed by atoms with Gasteiger partial charge in [-0.2, -0.15) is 0 Å².